The molecule has 0 saturated heterocycles. The Morgan fingerprint density at radius 1 is 1.56 bits per heavy atom. The van der Waals surface area contributed by atoms with Gasteiger partial charge in [-0.3, -0.25) is 4.99 Å². The number of nitrogens with one attached hydrogen (secondary N) is 1. The Balaban J connectivity index is 1.81. The third kappa shape index (κ3) is 3.63. The third-order valence-electron chi connectivity index (χ3n) is 2.78. The third-order valence-corrected chi connectivity index (χ3v) is 3.99. The molecule has 0 aliphatic carbocycles. The van der Waals surface area contributed by atoms with E-state index in [4.69, 9.17) is 4.74 Å². The molecule has 1 unspecified atom stereocenters. The van der Waals surface area contributed by atoms with Crippen LogP contribution in [-0.4, -0.2) is 29.1 Å². The van der Waals surface area contributed by atoms with Crippen LogP contribution in [-0.2, 0) is 6.54 Å². The summed E-state index contributed by atoms with van der Waals surface area (Å²) in [6, 6.07) is 3.93. The average Bonchev–Trinajstić information content (AvgIpc) is 2.85. The minimum atomic E-state index is 0.652. The standard InChI is InChI=1S/C13H19N3OS/c1-3-4-11-9-16-13(18-11)15-8-10-5-6-14-12(7-10)17-2/h5-7,11H,3-4,8-9H2,1-2H3,(H,15,16). The molecule has 2 rings (SSSR count). The highest BCUT2D eigenvalue weighted by Gasteiger charge is 2.18. The molecule has 0 radical (unpaired) electrons. The Morgan fingerprint density at radius 3 is 3.22 bits per heavy atom. The zero-order valence-electron chi connectivity index (χ0n) is 10.8. The second-order valence-electron chi connectivity index (χ2n) is 4.23. The lowest BCUT2D eigenvalue weighted by Crippen LogP contribution is -2.19. The number of aliphatic imine (C=N–C) groups is 1. The van der Waals surface area contributed by atoms with Gasteiger partial charge in [-0.05, 0) is 18.1 Å². The van der Waals surface area contributed by atoms with Crippen LogP contribution in [0, 0.1) is 0 Å². The molecule has 0 saturated carbocycles. The van der Waals surface area contributed by atoms with Crippen LogP contribution in [0.25, 0.3) is 0 Å². The number of ether oxygens (including phenoxy) is 1. The van der Waals surface area contributed by atoms with Crippen LogP contribution in [0.1, 0.15) is 25.3 Å². The summed E-state index contributed by atoms with van der Waals surface area (Å²) in [5.41, 5.74) is 1.16. The number of hydrogen-bond donors (Lipinski definition) is 1. The number of hydrogen-bond acceptors (Lipinski definition) is 5. The Hall–Kier alpha value is -1.23. The monoisotopic (exact) mass is 265 g/mol. The van der Waals surface area contributed by atoms with Crippen molar-refractivity contribution in [2.75, 3.05) is 13.7 Å². The van der Waals surface area contributed by atoms with Crippen LogP contribution in [0.2, 0.25) is 0 Å². The number of rotatable bonds is 5. The summed E-state index contributed by atoms with van der Waals surface area (Å²) in [4.78, 5) is 8.60. The van der Waals surface area contributed by atoms with Crippen LogP contribution in [0.5, 0.6) is 5.88 Å². The Morgan fingerprint density at radius 2 is 2.44 bits per heavy atom. The number of nitrogens with zero attached hydrogens (tertiary/aromatic N) is 2. The summed E-state index contributed by atoms with van der Waals surface area (Å²) in [6.45, 7) is 3.93. The summed E-state index contributed by atoms with van der Waals surface area (Å²) >= 11 is 1.86. The van der Waals surface area contributed by atoms with E-state index in [1.807, 2.05) is 23.9 Å². The molecule has 2 heterocycles. The normalized spacial score (nSPS) is 18.6. The van der Waals surface area contributed by atoms with E-state index in [2.05, 4.69) is 22.2 Å². The van der Waals surface area contributed by atoms with Crippen LogP contribution >= 0.6 is 11.8 Å². The Kier molecular flexibility index (Phi) is 4.87. The van der Waals surface area contributed by atoms with E-state index in [-0.39, 0.29) is 0 Å². The van der Waals surface area contributed by atoms with Gasteiger partial charge in [-0.2, -0.15) is 0 Å². The zero-order valence-corrected chi connectivity index (χ0v) is 11.7. The molecule has 0 amide bonds. The van der Waals surface area contributed by atoms with Gasteiger partial charge in [-0.25, -0.2) is 4.98 Å². The van der Waals surface area contributed by atoms with Crippen molar-refractivity contribution in [1.29, 1.82) is 0 Å². The molecule has 0 fully saturated rings. The van der Waals surface area contributed by atoms with Crippen molar-refractivity contribution < 1.29 is 4.74 Å². The highest BCUT2D eigenvalue weighted by atomic mass is 32.2. The van der Waals surface area contributed by atoms with Gasteiger partial charge in [-0.1, -0.05) is 25.1 Å². The highest BCUT2D eigenvalue weighted by molar-refractivity contribution is 8.14. The SMILES string of the molecule is CCCC1CN=C(NCc2ccnc(OC)c2)S1. The number of methoxy groups -OCH3 is 1. The van der Waals surface area contributed by atoms with Crippen LogP contribution < -0.4 is 10.1 Å². The van der Waals surface area contributed by atoms with Gasteiger partial charge in [0.2, 0.25) is 5.88 Å². The second kappa shape index (κ2) is 6.64. The van der Waals surface area contributed by atoms with Crippen molar-refractivity contribution in [2.24, 2.45) is 4.99 Å². The minimum absolute atomic E-state index is 0.652. The molecule has 1 aromatic rings. The first kappa shape index (κ1) is 13.2. The molecule has 4 nitrogen and oxygen atoms in total. The van der Waals surface area contributed by atoms with Gasteiger partial charge in [0, 0.05) is 24.1 Å². The van der Waals surface area contributed by atoms with Crippen molar-refractivity contribution in [1.82, 2.24) is 10.3 Å². The van der Waals surface area contributed by atoms with Crippen molar-refractivity contribution in [3.8, 4) is 5.88 Å². The largest absolute Gasteiger partial charge is 0.481 e. The fourth-order valence-corrected chi connectivity index (χ4v) is 2.96. The lowest BCUT2D eigenvalue weighted by molar-refractivity contribution is 0.397. The maximum atomic E-state index is 5.10. The van der Waals surface area contributed by atoms with E-state index >= 15 is 0 Å². The number of aromatic nitrogens is 1. The van der Waals surface area contributed by atoms with Crippen molar-refractivity contribution in [2.45, 2.75) is 31.6 Å². The Bertz CT molecular complexity index is 422. The number of pyridine rings is 1. The molecule has 1 aliphatic rings. The van der Waals surface area contributed by atoms with E-state index in [9.17, 15) is 0 Å². The van der Waals surface area contributed by atoms with Crippen molar-refractivity contribution in [3.63, 3.8) is 0 Å². The second-order valence-corrected chi connectivity index (χ2v) is 5.52. The fraction of sp³-hybridized carbons (Fsp3) is 0.538. The molecule has 1 aromatic heterocycles. The van der Waals surface area contributed by atoms with Crippen molar-refractivity contribution >= 4 is 16.9 Å². The Labute approximate surface area is 112 Å². The summed E-state index contributed by atoms with van der Waals surface area (Å²) in [5, 5.41) is 5.08. The van der Waals surface area contributed by atoms with Crippen LogP contribution in [0.3, 0.4) is 0 Å². The van der Waals surface area contributed by atoms with Gasteiger partial charge in [0.15, 0.2) is 5.17 Å². The van der Waals surface area contributed by atoms with E-state index in [0.29, 0.717) is 11.1 Å². The average molecular weight is 265 g/mol. The van der Waals surface area contributed by atoms with Crippen molar-refractivity contribution in [3.05, 3.63) is 23.9 Å². The molecule has 1 N–H and O–H groups in total. The zero-order chi connectivity index (χ0) is 12.8. The smallest absolute Gasteiger partial charge is 0.213 e. The summed E-state index contributed by atoms with van der Waals surface area (Å²) in [5.74, 6) is 0.652. The topological polar surface area (TPSA) is 46.5 Å². The molecule has 1 atom stereocenters. The highest BCUT2D eigenvalue weighted by Crippen LogP contribution is 2.23. The molecule has 0 spiro atoms. The van der Waals surface area contributed by atoms with Crippen LogP contribution in [0.15, 0.2) is 23.3 Å². The molecule has 18 heavy (non-hydrogen) atoms. The van der Waals surface area contributed by atoms with Gasteiger partial charge in [0.1, 0.15) is 0 Å². The minimum Gasteiger partial charge on any atom is -0.481 e. The lowest BCUT2D eigenvalue weighted by atomic mass is 10.2. The summed E-state index contributed by atoms with van der Waals surface area (Å²) < 4.78 is 5.10. The summed E-state index contributed by atoms with van der Waals surface area (Å²) in [6.07, 6.45) is 4.23. The van der Waals surface area contributed by atoms with Crippen LogP contribution in [0.4, 0.5) is 0 Å². The maximum absolute atomic E-state index is 5.10. The van der Waals surface area contributed by atoms with E-state index in [1.165, 1.54) is 12.8 Å². The van der Waals surface area contributed by atoms with Gasteiger partial charge in [-0.15, -0.1) is 0 Å². The van der Waals surface area contributed by atoms with E-state index < -0.39 is 0 Å². The molecular weight excluding hydrogens is 246 g/mol. The van der Waals surface area contributed by atoms with E-state index in [0.717, 1.165) is 23.8 Å². The summed E-state index contributed by atoms with van der Waals surface area (Å²) in [7, 11) is 1.63. The van der Waals surface area contributed by atoms with E-state index in [1.54, 1.807) is 13.3 Å². The number of amidine groups is 1. The quantitative estimate of drug-likeness (QED) is 0.888. The first-order chi connectivity index (χ1) is 8.81. The first-order valence-corrected chi connectivity index (χ1v) is 7.13. The molecule has 1 aliphatic heterocycles. The van der Waals surface area contributed by atoms with Gasteiger partial charge >= 0.3 is 0 Å². The van der Waals surface area contributed by atoms with Gasteiger partial charge in [0.25, 0.3) is 0 Å². The predicted molar refractivity (Wildman–Crippen MR) is 76.2 cm³/mol. The molecular formula is C13H19N3OS. The maximum Gasteiger partial charge on any atom is 0.213 e. The van der Waals surface area contributed by atoms with Gasteiger partial charge in [0.05, 0.1) is 13.7 Å². The molecule has 5 heteroatoms. The first-order valence-electron chi connectivity index (χ1n) is 6.25. The molecule has 98 valence electrons. The number of thioether (sulfide) groups is 1. The lowest BCUT2D eigenvalue weighted by Gasteiger charge is -2.08. The predicted octanol–water partition coefficient (Wildman–Crippen LogP) is 2.45. The molecule has 0 bridgehead atoms. The fourth-order valence-electron chi connectivity index (χ4n) is 1.84. The molecule has 0 aromatic carbocycles. The van der Waals surface area contributed by atoms with Gasteiger partial charge < -0.3 is 10.1 Å².